The Morgan fingerprint density at radius 3 is 2.42 bits per heavy atom. The number of nitrogens with zero attached hydrogens (tertiary/aromatic N) is 2. The molecule has 9 heteroatoms. The van der Waals surface area contributed by atoms with E-state index in [-0.39, 0.29) is 37.0 Å². The van der Waals surface area contributed by atoms with E-state index in [1.807, 2.05) is 35.2 Å². The van der Waals surface area contributed by atoms with Gasteiger partial charge >= 0.3 is 11.9 Å². The Bertz CT molecular complexity index is 987. The summed E-state index contributed by atoms with van der Waals surface area (Å²) in [4.78, 5) is 56.2. The number of piperidine rings is 1. The lowest BCUT2D eigenvalue weighted by Gasteiger charge is -2.40. The Morgan fingerprint density at radius 1 is 1.02 bits per heavy atom. The van der Waals surface area contributed by atoms with Crippen LogP contribution in [-0.4, -0.2) is 84.0 Å². The lowest BCUT2D eigenvalue weighted by atomic mass is 9.91. The molecule has 0 aliphatic carbocycles. The quantitative estimate of drug-likeness (QED) is 0.276. The highest BCUT2D eigenvalue weighted by molar-refractivity contribution is 5.89. The van der Waals surface area contributed by atoms with E-state index in [0.717, 1.165) is 31.2 Å². The second-order valence-electron chi connectivity index (χ2n) is 10.9. The molecule has 1 aromatic carbocycles. The molecule has 2 aliphatic heterocycles. The first kappa shape index (κ1) is 31.6. The van der Waals surface area contributed by atoms with Gasteiger partial charge in [0.15, 0.2) is 0 Å². The van der Waals surface area contributed by atoms with Crippen LogP contribution in [0, 0.1) is 5.92 Å². The third-order valence-electron chi connectivity index (χ3n) is 8.06. The van der Waals surface area contributed by atoms with E-state index in [4.69, 9.17) is 9.47 Å². The zero-order valence-corrected chi connectivity index (χ0v) is 24.6. The molecule has 0 spiro atoms. The number of likely N-dealkylation sites (tertiary alicyclic amines) is 2. The predicted octanol–water partition coefficient (Wildman–Crippen LogP) is 3.49. The summed E-state index contributed by atoms with van der Waals surface area (Å²) in [6, 6.07) is 7.48. The van der Waals surface area contributed by atoms with Crippen LogP contribution in [0.4, 0.5) is 0 Å². The van der Waals surface area contributed by atoms with Gasteiger partial charge in [-0.1, -0.05) is 50.1 Å². The van der Waals surface area contributed by atoms with E-state index in [1.165, 1.54) is 0 Å². The summed E-state index contributed by atoms with van der Waals surface area (Å²) < 4.78 is 10.7. The number of aryl methyl sites for hydroxylation is 1. The molecule has 40 heavy (non-hydrogen) atoms. The molecule has 0 aromatic heterocycles. The molecule has 2 fully saturated rings. The molecule has 0 radical (unpaired) electrons. The largest absolute Gasteiger partial charge is 0.465 e. The average molecular weight is 558 g/mol. The molecule has 2 amide bonds. The first-order valence-corrected chi connectivity index (χ1v) is 15.0. The van der Waals surface area contributed by atoms with Crippen LogP contribution in [0.25, 0.3) is 0 Å². The van der Waals surface area contributed by atoms with Crippen molar-refractivity contribution in [3.8, 4) is 0 Å². The van der Waals surface area contributed by atoms with Crippen LogP contribution in [0.5, 0.6) is 0 Å². The van der Waals surface area contributed by atoms with Gasteiger partial charge in [0.1, 0.15) is 12.1 Å². The fourth-order valence-corrected chi connectivity index (χ4v) is 5.94. The predicted molar refractivity (Wildman–Crippen MR) is 152 cm³/mol. The van der Waals surface area contributed by atoms with Crippen LogP contribution < -0.4 is 5.32 Å². The van der Waals surface area contributed by atoms with E-state index in [1.54, 1.807) is 25.7 Å². The summed E-state index contributed by atoms with van der Waals surface area (Å²) in [6.07, 6.45) is 5.79. The van der Waals surface area contributed by atoms with Gasteiger partial charge in [-0.3, -0.25) is 19.7 Å². The number of carbonyl (C=O) groups excluding carboxylic acids is 4. The van der Waals surface area contributed by atoms with Crippen LogP contribution >= 0.6 is 0 Å². The summed E-state index contributed by atoms with van der Waals surface area (Å²) >= 11 is 0. The molecule has 3 rings (SSSR count). The molecule has 2 heterocycles. The maximum absolute atomic E-state index is 14.0. The molecule has 5 unspecified atom stereocenters. The van der Waals surface area contributed by atoms with Gasteiger partial charge in [0.2, 0.25) is 11.8 Å². The van der Waals surface area contributed by atoms with Crippen molar-refractivity contribution in [2.45, 2.75) is 103 Å². The molecule has 222 valence electrons. The van der Waals surface area contributed by atoms with E-state index in [9.17, 15) is 19.2 Å². The molecule has 1 aromatic rings. The molecule has 1 N–H and O–H groups in total. The third kappa shape index (κ3) is 8.29. The molecule has 9 nitrogen and oxygen atoms in total. The standard InChI is InChI=1S/C31H47N3O6/c1-5-8-10-15-28(35)33-19-18-24-20-26(31(38)40-7-3)34(27(24)21-33)29(36)22(4)32-25(30(37)39-6-2)17-16-23-13-11-9-12-14-23/h9,11-14,22,24-27,32H,5-8,10,15-21H2,1-4H3. The maximum Gasteiger partial charge on any atom is 0.328 e. The topological polar surface area (TPSA) is 105 Å². The van der Waals surface area contributed by atoms with Crippen molar-refractivity contribution in [1.82, 2.24) is 15.1 Å². The number of esters is 2. The zero-order chi connectivity index (χ0) is 29.1. The molecule has 0 bridgehead atoms. The van der Waals surface area contributed by atoms with Gasteiger partial charge in [-0.05, 0) is 64.4 Å². The van der Waals surface area contributed by atoms with Crippen molar-refractivity contribution in [3.63, 3.8) is 0 Å². The fraction of sp³-hybridized carbons (Fsp3) is 0.677. The minimum atomic E-state index is -0.739. The van der Waals surface area contributed by atoms with Crippen LogP contribution in [-0.2, 0) is 35.1 Å². The first-order chi connectivity index (χ1) is 19.3. The third-order valence-corrected chi connectivity index (χ3v) is 8.06. The second kappa shape index (κ2) is 15.7. The van der Waals surface area contributed by atoms with Gasteiger partial charge in [0, 0.05) is 19.5 Å². The van der Waals surface area contributed by atoms with Crippen molar-refractivity contribution in [1.29, 1.82) is 0 Å². The molecular weight excluding hydrogens is 510 g/mol. The van der Waals surface area contributed by atoms with Gasteiger partial charge in [0.25, 0.3) is 0 Å². The summed E-state index contributed by atoms with van der Waals surface area (Å²) in [7, 11) is 0. The van der Waals surface area contributed by atoms with E-state index in [2.05, 4.69) is 12.2 Å². The fourth-order valence-electron chi connectivity index (χ4n) is 5.94. The SMILES string of the molecule is CCCCCC(=O)N1CCC2CC(C(=O)OCC)N(C(=O)C(C)NC(CCc3ccccc3)C(=O)OCC)C2C1. The van der Waals surface area contributed by atoms with Crippen molar-refractivity contribution >= 4 is 23.8 Å². The van der Waals surface area contributed by atoms with E-state index in [0.29, 0.717) is 38.8 Å². The smallest absolute Gasteiger partial charge is 0.328 e. The number of nitrogens with one attached hydrogen (secondary N) is 1. The van der Waals surface area contributed by atoms with Gasteiger partial charge < -0.3 is 19.3 Å². The molecule has 0 saturated carbocycles. The van der Waals surface area contributed by atoms with Gasteiger partial charge in [-0.2, -0.15) is 0 Å². The Kier molecular flexibility index (Phi) is 12.4. The Balaban J connectivity index is 1.76. The monoisotopic (exact) mass is 557 g/mol. The summed E-state index contributed by atoms with van der Waals surface area (Å²) in [5.41, 5.74) is 1.09. The minimum Gasteiger partial charge on any atom is -0.465 e. The minimum absolute atomic E-state index is 0.105. The highest BCUT2D eigenvalue weighted by Crippen LogP contribution is 2.37. The van der Waals surface area contributed by atoms with Crippen LogP contribution in [0.3, 0.4) is 0 Å². The van der Waals surface area contributed by atoms with Crippen LogP contribution in [0.15, 0.2) is 30.3 Å². The van der Waals surface area contributed by atoms with Crippen LogP contribution in [0.1, 0.15) is 78.2 Å². The van der Waals surface area contributed by atoms with Gasteiger partial charge in [0.05, 0.1) is 25.3 Å². The average Bonchev–Trinajstić information content (AvgIpc) is 3.34. The van der Waals surface area contributed by atoms with Crippen molar-refractivity contribution in [2.24, 2.45) is 5.92 Å². The Hall–Kier alpha value is -2.94. The summed E-state index contributed by atoms with van der Waals surface area (Å²) in [5.74, 6) is -0.859. The zero-order valence-electron chi connectivity index (χ0n) is 24.6. The normalized spacial score (nSPS) is 21.9. The van der Waals surface area contributed by atoms with Crippen molar-refractivity contribution in [3.05, 3.63) is 35.9 Å². The first-order valence-electron chi connectivity index (χ1n) is 15.0. The van der Waals surface area contributed by atoms with E-state index < -0.39 is 30.1 Å². The number of hydrogen-bond acceptors (Lipinski definition) is 7. The highest BCUT2D eigenvalue weighted by atomic mass is 16.5. The number of fused-ring (bicyclic) bond motifs is 1. The Labute approximate surface area is 238 Å². The maximum atomic E-state index is 14.0. The van der Waals surface area contributed by atoms with Gasteiger partial charge in [-0.25, -0.2) is 4.79 Å². The summed E-state index contributed by atoms with van der Waals surface area (Å²) in [6.45, 7) is 8.87. The number of rotatable bonds is 14. The van der Waals surface area contributed by atoms with E-state index >= 15 is 0 Å². The number of hydrogen-bond donors (Lipinski definition) is 1. The second-order valence-corrected chi connectivity index (χ2v) is 10.9. The number of carbonyl (C=O) groups is 4. The molecule has 2 saturated heterocycles. The van der Waals surface area contributed by atoms with Crippen LogP contribution in [0.2, 0.25) is 0 Å². The lowest BCUT2D eigenvalue weighted by molar-refractivity contribution is -0.156. The lowest BCUT2D eigenvalue weighted by Crippen LogP contribution is -2.59. The number of unbranched alkanes of at least 4 members (excludes halogenated alkanes) is 2. The van der Waals surface area contributed by atoms with Gasteiger partial charge in [-0.15, -0.1) is 0 Å². The molecule has 5 atom stereocenters. The molecular formula is C31H47N3O6. The van der Waals surface area contributed by atoms with Crippen molar-refractivity contribution < 1.29 is 28.7 Å². The Morgan fingerprint density at radius 2 is 1.75 bits per heavy atom. The molecule has 2 aliphatic rings. The highest BCUT2D eigenvalue weighted by Gasteiger charge is 2.50. The number of amides is 2. The van der Waals surface area contributed by atoms with Crippen molar-refractivity contribution in [2.75, 3.05) is 26.3 Å². The number of ether oxygens (including phenoxy) is 2. The summed E-state index contributed by atoms with van der Waals surface area (Å²) in [5, 5.41) is 3.21. The number of benzene rings is 1.